The van der Waals surface area contributed by atoms with E-state index in [0.29, 0.717) is 23.0 Å². The number of aromatic nitrogens is 1. The summed E-state index contributed by atoms with van der Waals surface area (Å²) in [7, 11) is 0. The molecule has 4 rings (SSSR count). The zero-order chi connectivity index (χ0) is 20.4. The fraction of sp³-hybridized carbons (Fsp3) is 0.333. The molecule has 6 nitrogen and oxygen atoms in total. The zero-order valence-corrected chi connectivity index (χ0v) is 18.8. The lowest BCUT2D eigenvalue weighted by Crippen LogP contribution is -2.39. The van der Waals surface area contributed by atoms with Crippen molar-refractivity contribution in [1.29, 1.82) is 0 Å². The first-order valence-corrected chi connectivity index (χ1v) is 11.2. The molecule has 0 radical (unpaired) electrons. The third-order valence-corrected chi connectivity index (χ3v) is 6.72. The number of amides is 1. The number of fused-ring (bicyclic) bond motifs is 2. The van der Waals surface area contributed by atoms with Crippen molar-refractivity contribution in [3.8, 4) is 11.5 Å². The van der Waals surface area contributed by atoms with Crippen LogP contribution in [0.2, 0.25) is 0 Å². The van der Waals surface area contributed by atoms with E-state index in [1.54, 1.807) is 4.90 Å². The number of halogens is 1. The van der Waals surface area contributed by atoms with Crippen LogP contribution in [0.5, 0.6) is 11.5 Å². The van der Waals surface area contributed by atoms with E-state index in [-0.39, 0.29) is 12.7 Å². The van der Waals surface area contributed by atoms with Crippen LogP contribution in [-0.2, 0) is 0 Å². The van der Waals surface area contributed by atoms with E-state index < -0.39 is 0 Å². The lowest BCUT2D eigenvalue weighted by molar-refractivity contribution is 0.0983. The molecule has 29 heavy (non-hydrogen) atoms. The molecule has 0 aliphatic carbocycles. The number of hydrogen-bond acceptors (Lipinski definition) is 6. The van der Waals surface area contributed by atoms with E-state index in [0.717, 1.165) is 40.1 Å². The van der Waals surface area contributed by atoms with Crippen LogP contribution >= 0.6 is 27.3 Å². The molecule has 0 N–H and O–H groups in total. The van der Waals surface area contributed by atoms with Gasteiger partial charge in [-0.1, -0.05) is 37.3 Å². The Morgan fingerprint density at radius 3 is 2.59 bits per heavy atom. The van der Waals surface area contributed by atoms with Gasteiger partial charge in [-0.25, -0.2) is 4.98 Å². The molecule has 3 aromatic rings. The highest BCUT2D eigenvalue weighted by Gasteiger charge is 2.24. The van der Waals surface area contributed by atoms with Gasteiger partial charge in [0.15, 0.2) is 16.6 Å². The summed E-state index contributed by atoms with van der Waals surface area (Å²) in [5.74, 6) is 1.35. The molecule has 1 aliphatic rings. The van der Waals surface area contributed by atoms with Crippen molar-refractivity contribution in [2.45, 2.75) is 13.8 Å². The second-order valence-electron chi connectivity index (χ2n) is 6.63. The van der Waals surface area contributed by atoms with Gasteiger partial charge in [0.1, 0.15) is 0 Å². The predicted octanol–water partition coefficient (Wildman–Crippen LogP) is 4.78. The Hall–Kier alpha value is -2.16. The fourth-order valence-electron chi connectivity index (χ4n) is 3.27. The van der Waals surface area contributed by atoms with Crippen LogP contribution in [0.15, 0.2) is 40.9 Å². The summed E-state index contributed by atoms with van der Waals surface area (Å²) in [6.07, 6.45) is 0. The normalized spacial score (nSPS) is 12.7. The van der Waals surface area contributed by atoms with E-state index in [4.69, 9.17) is 14.5 Å². The molecule has 8 heteroatoms. The Balaban J connectivity index is 1.70. The predicted molar refractivity (Wildman–Crippen MR) is 119 cm³/mol. The molecule has 0 fully saturated rings. The monoisotopic (exact) mass is 475 g/mol. The number of thiazole rings is 1. The van der Waals surface area contributed by atoms with E-state index in [1.165, 1.54) is 11.3 Å². The van der Waals surface area contributed by atoms with Gasteiger partial charge in [-0.15, -0.1) is 0 Å². The number of nitrogens with zero attached hydrogens (tertiary/aromatic N) is 3. The molecular formula is C21H22BrN3O3S. The van der Waals surface area contributed by atoms with Crippen molar-refractivity contribution < 1.29 is 14.3 Å². The first-order chi connectivity index (χ1) is 14.1. The number of hydrogen-bond donors (Lipinski definition) is 0. The van der Waals surface area contributed by atoms with Gasteiger partial charge >= 0.3 is 0 Å². The highest BCUT2D eigenvalue weighted by Crippen LogP contribution is 2.40. The number of carbonyl (C=O) groups is 1. The van der Waals surface area contributed by atoms with Gasteiger partial charge in [0.2, 0.25) is 6.79 Å². The third kappa shape index (κ3) is 4.10. The van der Waals surface area contributed by atoms with Gasteiger partial charge in [0, 0.05) is 29.7 Å². The van der Waals surface area contributed by atoms with Gasteiger partial charge < -0.3 is 14.4 Å². The largest absolute Gasteiger partial charge is 0.454 e. The Kier molecular flexibility index (Phi) is 6.03. The Labute approximate surface area is 182 Å². The van der Waals surface area contributed by atoms with Gasteiger partial charge in [0.25, 0.3) is 5.91 Å². The molecule has 1 aliphatic heterocycles. The average Bonchev–Trinajstić information content (AvgIpc) is 3.35. The molecule has 1 amide bonds. The zero-order valence-electron chi connectivity index (χ0n) is 16.4. The van der Waals surface area contributed by atoms with Crippen molar-refractivity contribution in [3.05, 3.63) is 46.4 Å². The number of ether oxygens (including phenoxy) is 2. The molecule has 0 saturated carbocycles. The molecule has 0 bridgehead atoms. The number of anilines is 1. The summed E-state index contributed by atoms with van der Waals surface area (Å²) >= 11 is 5.00. The van der Waals surface area contributed by atoms with Crippen molar-refractivity contribution in [2.75, 3.05) is 37.9 Å². The van der Waals surface area contributed by atoms with Gasteiger partial charge in [-0.3, -0.25) is 9.69 Å². The number of benzene rings is 2. The molecule has 2 heterocycles. The van der Waals surface area contributed by atoms with Crippen LogP contribution in [0, 0.1) is 0 Å². The first-order valence-electron chi connectivity index (χ1n) is 9.59. The van der Waals surface area contributed by atoms with Crippen LogP contribution in [0.1, 0.15) is 24.2 Å². The summed E-state index contributed by atoms with van der Waals surface area (Å²) in [6.45, 7) is 7.71. The van der Waals surface area contributed by atoms with Crippen molar-refractivity contribution in [1.82, 2.24) is 9.88 Å². The quantitative estimate of drug-likeness (QED) is 0.492. The Morgan fingerprint density at radius 2 is 1.86 bits per heavy atom. The molecule has 152 valence electrons. The number of likely N-dealkylation sites (N-methyl/N-ethyl adjacent to an activating group) is 1. The molecule has 0 unspecified atom stereocenters. The van der Waals surface area contributed by atoms with Crippen LogP contribution in [-0.4, -0.2) is 48.8 Å². The standard InChI is InChI=1S/C21H22BrN3O3S/c1-3-24(4-2)9-10-25(20(26)14-7-5-6-8-15(14)22)21-23-16-11-17-18(28-13-27-17)12-19(16)29-21/h5-8,11-12H,3-4,9-10,13H2,1-2H3. The van der Waals surface area contributed by atoms with E-state index in [2.05, 4.69) is 34.7 Å². The maximum Gasteiger partial charge on any atom is 0.261 e. The number of carbonyl (C=O) groups excluding carboxylic acids is 1. The molecule has 0 saturated heterocycles. The minimum atomic E-state index is -0.0660. The first kappa shape index (κ1) is 20.1. The molecule has 0 atom stereocenters. The van der Waals surface area contributed by atoms with E-state index >= 15 is 0 Å². The van der Waals surface area contributed by atoms with Gasteiger partial charge in [-0.05, 0) is 41.2 Å². The summed E-state index contributed by atoms with van der Waals surface area (Å²) in [5.41, 5.74) is 1.43. The molecule has 1 aromatic heterocycles. The van der Waals surface area contributed by atoms with Crippen molar-refractivity contribution in [3.63, 3.8) is 0 Å². The lowest BCUT2D eigenvalue weighted by Gasteiger charge is -2.25. The Bertz CT molecular complexity index is 994. The average molecular weight is 476 g/mol. The summed E-state index contributed by atoms with van der Waals surface area (Å²) < 4.78 is 12.7. The lowest BCUT2D eigenvalue weighted by atomic mass is 10.2. The van der Waals surface area contributed by atoms with Crippen LogP contribution in [0.4, 0.5) is 5.13 Å². The van der Waals surface area contributed by atoms with Crippen molar-refractivity contribution in [2.24, 2.45) is 0 Å². The summed E-state index contributed by atoms with van der Waals surface area (Å²) in [5, 5.41) is 0.677. The second kappa shape index (κ2) is 8.69. The topological polar surface area (TPSA) is 54.9 Å². The van der Waals surface area contributed by atoms with E-state index in [9.17, 15) is 4.79 Å². The van der Waals surface area contributed by atoms with Gasteiger partial charge in [0.05, 0.1) is 15.8 Å². The van der Waals surface area contributed by atoms with E-state index in [1.807, 2.05) is 36.4 Å². The van der Waals surface area contributed by atoms with Crippen LogP contribution < -0.4 is 14.4 Å². The maximum absolute atomic E-state index is 13.4. The molecule has 0 spiro atoms. The van der Waals surface area contributed by atoms with Crippen LogP contribution in [0.25, 0.3) is 10.2 Å². The Morgan fingerprint density at radius 1 is 1.14 bits per heavy atom. The maximum atomic E-state index is 13.4. The minimum Gasteiger partial charge on any atom is -0.454 e. The third-order valence-electron chi connectivity index (χ3n) is 4.99. The second-order valence-corrected chi connectivity index (χ2v) is 8.50. The molecular weight excluding hydrogens is 454 g/mol. The van der Waals surface area contributed by atoms with Crippen molar-refractivity contribution >= 4 is 48.5 Å². The minimum absolute atomic E-state index is 0.0660. The highest BCUT2D eigenvalue weighted by atomic mass is 79.9. The fourth-order valence-corrected chi connectivity index (χ4v) is 4.72. The summed E-state index contributed by atoms with van der Waals surface area (Å²) in [6, 6.07) is 11.3. The smallest absolute Gasteiger partial charge is 0.261 e. The molecule has 2 aromatic carbocycles. The number of rotatable bonds is 7. The summed E-state index contributed by atoms with van der Waals surface area (Å²) in [4.78, 5) is 22.2. The van der Waals surface area contributed by atoms with Gasteiger partial charge in [-0.2, -0.15) is 0 Å². The van der Waals surface area contributed by atoms with Crippen LogP contribution in [0.3, 0.4) is 0 Å². The SMILES string of the molecule is CCN(CC)CCN(C(=O)c1ccccc1Br)c1nc2cc3c(cc2s1)OCO3. The highest BCUT2D eigenvalue weighted by molar-refractivity contribution is 9.10.